The zero-order valence-electron chi connectivity index (χ0n) is 17.3. The Labute approximate surface area is 189 Å². The zero-order chi connectivity index (χ0) is 22.1. The summed E-state index contributed by atoms with van der Waals surface area (Å²) in [7, 11) is 0. The number of halogens is 1. The van der Waals surface area contributed by atoms with Crippen LogP contribution in [0.15, 0.2) is 24.5 Å². The molecule has 1 aromatic carbocycles. The molecular formula is C21H23ClN6O4. The fourth-order valence-electron chi connectivity index (χ4n) is 4.31. The van der Waals surface area contributed by atoms with Crippen molar-refractivity contribution in [3.63, 3.8) is 0 Å². The summed E-state index contributed by atoms with van der Waals surface area (Å²) in [6.07, 6.45) is 5.15. The molecule has 2 unspecified atom stereocenters. The van der Waals surface area contributed by atoms with Gasteiger partial charge in [0.2, 0.25) is 12.1 Å². The first-order chi connectivity index (χ1) is 15.6. The fraction of sp³-hybridized carbons (Fsp3) is 0.429. The van der Waals surface area contributed by atoms with Crippen molar-refractivity contribution in [3.8, 4) is 11.5 Å². The number of hydrogen-bond acceptors (Lipinski definition) is 8. The van der Waals surface area contributed by atoms with Crippen LogP contribution >= 0.6 is 11.6 Å². The van der Waals surface area contributed by atoms with Gasteiger partial charge in [0.25, 0.3) is 0 Å². The average molecular weight is 459 g/mol. The van der Waals surface area contributed by atoms with E-state index in [1.54, 1.807) is 6.33 Å². The lowest BCUT2D eigenvalue weighted by Gasteiger charge is -2.29. The number of amides is 1. The van der Waals surface area contributed by atoms with Crippen molar-refractivity contribution in [2.45, 2.75) is 38.3 Å². The molecule has 32 heavy (non-hydrogen) atoms. The quantitative estimate of drug-likeness (QED) is 0.556. The third-order valence-corrected chi connectivity index (χ3v) is 6.06. The first kappa shape index (κ1) is 20.6. The molecule has 2 atom stereocenters. The first-order valence-electron chi connectivity index (χ1n) is 10.5. The number of alkyl carbamates (subject to hydrolysis) is 1. The number of aromatic nitrogens is 4. The van der Waals surface area contributed by atoms with Gasteiger partial charge >= 0.3 is 6.09 Å². The molecule has 11 heteroatoms. The maximum absolute atomic E-state index is 12.2. The highest BCUT2D eigenvalue weighted by molar-refractivity contribution is 6.28. The summed E-state index contributed by atoms with van der Waals surface area (Å²) in [5, 5.41) is 2.89. The van der Waals surface area contributed by atoms with Gasteiger partial charge in [0.05, 0.1) is 12.9 Å². The Kier molecular flexibility index (Phi) is 5.60. The predicted molar refractivity (Wildman–Crippen MR) is 116 cm³/mol. The number of anilines is 1. The molecule has 0 bridgehead atoms. The van der Waals surface area contributed by atoms with E-state index in [1.807, 2.05) is 22.8 Å². The second kappa shape index (κ2) is 8.70. The van der Waals surface area contributed by atoms with Crippen molar-refractivity contribution in [1.29, 1.82) is 0 Å². The largest absolute Gasteiger partial charge is 0.454 e. The molecule has 0 saturated heterocycles. The maximum Gasteiger partial charge on any atom is 0.407 e. The molecule has 1 amide bonds. The van der Waals surface area contributed by atoms with E-state index in [9.17, 15) is 4.79 Å². The molecule has 3 N–H and O–H groups in total. The van der Waals surface area contributed by atoms with Gasteiger partial charge < -0.3 is 29.8 Å². The number of nitrogen functional groups attached to an aromatic ring is 1. The van der Waals surface area contributed by atoms with Gasteiger partial charge in [-0.25, -0.2) is 9.78 Å². The van der Waals surface area contributed by atoms with Gasteiger partial charge in [-0.1, -0.05) is 12.5 Å². The van der Waals surface area contributed by atoms with Crippen molar-refractivity contribution >= 4 is 34.7 Å². The number of rotatable bonds is 5. The molecule has 2 aromatic heterocycles. The third kappa shape index (κ3) is 4.22. The van der Waals surface area contributed by atoms with Crippen LogP contribution in [0.25, 0.3) is 11.2 Å². The number of carbonyl (C=O) groups excluding carboxylic acids is 1. The number of nitrogens with zero attached hydrogens (tertiary/aromatic N) is 4. The van der Waals surface area contributed by atoms with Gasteiger partial charge in [-0.15, -0.1) is 0 Å². The molecule has 5 rings (SSSR count). The van der Waals surface area contributed by atoms with Gasteiger partial charge in [0, 0.05) is 12.6 Å². The lowest BCUT2D eigenvalue weighted by Crippen LogP contribution is -2.28. The Balaban J connectivity index is 1.15. The predicted octanol–water partition coefficient (Wildman–Crippen LogP) is 3.45. The molecule has 168 valence electrons. The molecule has 10 nitrogen and oxygen atoms in total. The number of imidazole rings is 1. The van der Waals surface area contributed by atoms with Crippen LogP contribution < -0.4 is 20.5 Å². The third-order valence-electron chi connectivity index (χ3n) is 5.89. The summed E-state index contributed by atoms with van der Waals surface area (Å²) in [6.45, 7) is 0.929. The normalized spacial score (nSPS) is 19.8. The Morgan fingerprint density at radius 2 is 2.16 bits per heavy atom. The number of nitrogens with one attached hydrogen (secondary N) is 1. The van der Waals surface area contributed by atoms with Gasteiger partial charge in [-0.3, -0.25) is 0 Å². The minimum atomic E-state index is -0.440. The maximum atomic E-state index is 12.2. The standard InChI is InChI=1S/C21H23ClN6O4/c22-20-26-18(23)17-19(27-20)28(10-25-17)14-3-1-2-13(6-14)9-30-21(29)24-8-12-4-5-15-16(7-12)32-11-31-15/h4-5,7,10,13-14H,1-3,6,8-9,11H2,(H,24,29)(H2,23,26,27). The fourth-order valence-corrected chi connectivity index (χ4v) is 4.49. The van der Waals surface area contributed by atoms with Crippen molar-refractivity contribution < 1.29 is 19.0 Å². The Morgan fingerprint density at radius 3 is 3.06 bits per heavy atom. The highest BCUT2D eigenvalue weighted by Crippen LogP contribution is 2.35. The minimum Gasteiger partial charge on any atom is -0.454 e. The van der Waals surface area contributed by atoms with E-state index in [4.69, 9.17) is 31.5 Å². The van der Waals surface area contributed by atoms with Gasteiger partial charge in [0.15, 0.2) is 23.0 Å². The number of benzene rings is 1. The molecule has 0 radical (unpaired) electrons. The Morgan fingerprint density at radius 1 is 1.28 bits per heavy atom. The van der Waals surface area contributed by atoms with Crippen LogP contribution in [0.1, 0.15) is 37.3 Å². The highest BCUT2D eigenvalue weighted by atomic mass is 35.5. The minimum absolute atomic E-state index is 0.103. The van der Waals surface area contributed by atoms with E-state index in [2.05, 4.69) is 20.3 Å². The molecule has 2 aliphatic rings. The summed E-state index contributed by atoms with van der Waals surface area (Å²) in [5.74, 6) is 1.92. The van der Waals surface area contributed by atoms with Crippen molar-refractivity contribution in [3.05, 3.63) is 35.4 Å². The lowest BCUT2D eigenvalue weighted by molar-refractivity contribution is 0.107. The summed E-state index contributed by atoms with van der Waals surface area (Å²) in [5.41, 5.74) is 8.02. The summed E-state index contributed by atoms with van der Waals surface area (Å²) in [6, 6.07) is 5.76. The first-order valence-corrected chi connectivity index (χ1v) is 10.9. The van der Waals surface area contributed by atoms with E-state index in [0.717, 1.165) is 31.2 Å². The van der Waals surface area contributed by atoms with Crippen LogP contribution in [0, 0.1) is 5.92 Å². The van der Waals surface area contributed by atoms with Gasteiger partial charge in [-0.2, -0.15) is 9.97 Å². The molecule has 1 aliphatic heterocycles. The molecule has 1 fully saturated rings. The zero-order valence-corrected chi connectivity index (χ0v) is 18.0. The number of carbonyl (C=O) groups is 1. The molecule has 0 spiro atoms. The Hall–Kier alpha value is -3.27. The molecule has 3 heterocycles. The van der Waals surface area contributed by atoms with Crippen LogP contribution in [0.2, 0.25) is 5.28 Å². The average Bonchev–Trinajstić information content (AvgIpc) is 3.43. The second-order valence-electron chi connectivity index (χ2n) is 8.03. The Bertz CT molecular complexity index is 1150. The van der Waals surface area contributed by atoms with E-state index in [0.29, 0.717) is 35.8 Å². The van der Waals surface area contributed by atoms with E-state index >= 15 is 0 Å². The SMILES string of the molecule is Nc1nc(Cl)nc2c1ncn2C1CCCC(COC(=O)NCc2ccc3c(c2)OCO3)C1. The summed E-state index contributed by atoms with van der Waals surface area (Å²) in [4.78, 5) is 24.8. The van der Waals surface area contributed by atoms with E-state index in [-0.39, 0.29) is 29.9 Å². The van der Waals surface area contributed by atoms with Crippen LogP contribution in [0.4, 0.5) is 10.6 Å². The number of ether oxygens (including phenoxy) is 3. The van der Waals surface area contributed by atoms with Gasteiger partial charge in [-0.05, 0) is 54.5 Å². The topological polar surface area (TPSA) is 126 Å². The smallest absolute Gasteiger partial charge is 0.407 e. The van der Waals surface area contributed by atoms with Gasteiger partial charge in [0.1, 0.15) is 5.52 Å². The molecule has 1 saturated carbocycles. The molecule has 1 aliphatic carbocycles. The number of fused-ring (bicyclic) bond motifs is 2. The highest BCUT2D eigenvalue weighted by Gasteiger charge is 2.26. The van der Waals surface area contributed by atoms with Crippen molar-refractivity contribution in [2.75, 3.05) is 19.1 Å². The van der Waals surface area contributed by atoms with Crippen molar-refractivity contribution in [1.82, 2.24) is 24.8 Å². The molecular weight excluding hydrogens is 436 g/mol. The lowest BCUT2D eigenvalue weighted by atomic mass is 9.86. The summed E-state index contributed by atoms with van der Waals surface area (Å²) < 4.78 is 18.1. The van der Waals surface area contributed by atoms with Crippen LogP contribution in [-0.4, -0.2) is 39.0 Å². The van der Waals surface area contributed by atoms with Crippen molar-refractivity contribution in [2.24, 2.45) is 5.92 Å². The van der Waals surface area contributed by atoms with E-state index in [1.165, 1.54) is 0 Å². The number of hydrogen-bond donors (Lipinski definition) is 2. The summed E-state index contributed by atoms with van der Waals surface area (Å²) >= 11 is 5.99. The second-order valence-corrected chi connectivity index (χ2v) is 8.37. The van der Waals surface area contributed by atoms with Crippen LogP contribution in [-0.2, 0) is 11.3 Å². The molecule has 3 aromatic rings. The monoisotopic (exact) mass is 458 g/mol. The van der Waals surface area contributed by atoms with Crippen LogP contribution in [0.3, 0.4) is 0 Å². The number of nitrogens with two attached hydrogens (primary N) is 1. The van der Waals surface area contributed by atoms with E-state index < -0.39 is 6.09 Å². The van der Waals surface area contributed by atoms with Crippen LogP contribution in [0.5, 0.6) is 11.5 Å².